The number of carbonyl (C=O) groups excluding carboxylic acids is 2. The van der Waals surface area contributed by atoms with Crippen LogP contribution in [0, 0.1) is 86.2 Å². The van der Waals surface area contributed by atoms with Gasteiger partial charge in [0.25, 0.3) is 0 Å². The minimum absolute atomic E-state index is 0.0670. The quantitative estimate of drug-likeness (QED) is 0.0583. The first-order valence-corrected chi connectivity index (χ1v) is 44.0. The van der Waals surface area contributed by atoms with Crippen LogP contribution in [0.1, 0.15) is 123 Å². The Hall–Kier alpha value is -7.41. The van der Waals surface area contributed by atoms with Crippen LogP contribution in [-0.2, 0) is 32.2 Å². The molecule has 0 fully saturated rings. The molecule has 2 aliphatic rings. The lowest BCUT2D eigenvalue weighted by atomic mass is 9.99. The zero-order valence-corrected chi connectivity index (χ0v) is 72.0. The summed E-state index contributed by atoms with van der Waals surface area (Å²) in [6.07, 6.45) is 5.97. The number of nitrogens with zero attached hydrogens (tertiary/aromatic N) is 10. The molecule has 28 heteroatoms. The smallest absolute Gasteiger partial charge is 0.194 e. The molecule has 2 aromatic carbocycles. The number of hydrogen-bond acceptors (Lipinski definition) is 19. The first kappa shape index (κ1) is 77.9. The van der Waals surface area contributed by atoms with Crippen molar-refractivity contribution in [2.45, 2.75) is 94.5 Å². The molecule has 1 atom stereocenters. The van der Waals surface area contributed by atoms with Crippen LogP contribution in [0.2, 0.25) is 40.2 Å². The Labute approximate surface area is 704 Å². The van der Waals surface area contributed by atoms with Crippen LogP contribution in [0.25, 0.3) is 128 Å². The summed E-state index contributed by atoms with van der Waals surface area (Å²) in [5.74, 6) is -0.233. The number of thiophene rings is 8. The van der Waals surface area contributed by atoms with E-state index in [0.717, 1.165) is 86.9 Å². The van der Waals surface area contributed by atoms with Gasteiger partial charge in [0.15, 0.2) is 11.6 Å². The predicted molar refractivity (Wildman–Crippen MR) is 464 cm³/mol. The number of nitriles is 5. The van der Waals surface area contributed by atoms with Crippen molar-refractivity contribution in [1.29, 1.82) is 26.3 Å². The third-order valence-corrected chi connectivity index (χ3v) is 31.4. The summed E-state index contributed by atoms with van der Waals surface area (Å²) >= 11 is 67.1. The fraction of sp³-hybridized carbons (Fsp3) is 0.232. The zero-order valence-electron chi connectivity index (χ0n) is 59.4. The molecule has 11 heterocycles. The molecule has 1 unspecified atom stereocenters. The lowest BCUT2D eigenvalue weighted by Crippen LogP contribution is -2.03. The van der Waals surface area contributed by atoms with Gasteiger partial charge in [-0.25, -0.2) is 19.9 Å². The molecule has 11 aromatic heterocycles. The Morgan fingerprint density at radius 2 is 0.709 bits per heavy atom. The van der Waals surface area contributed by atoms with E-state index in [4.69, 9.17) is 113 Å². The van der Waals surface area contributed by atoms with Crippen LogP contribution < -0.4 is 0 Å². The molecular weight excluding hydrogens is 1700 g/mol. The molecule has 110 heavy (non-hydrogen) atoms. The van der Waals surface area contributed by atoms with Crippen molar-refractivity contribution in [2.24, 2.45) is 29.6 Å². The Balaban J connectivity index is 0.996. The van der Waals surface area contributed by atoms with Crippen LogP contribution in [0.5, 0.6) is 0 Å². The van der Waals surface area contributed by atoms with Crippen molar-refractivity contribution < 1.29 is 9.59 Å². The Morgan fingerprint density at radius 3 is 1.02 bits per heavy atom. The molecule has 0 spiro atoms. The summed E-state index contributed by atoms with van der Waals surface area (Å²) in [4.78, 5) is 63.7. The number of ketones is 2. The number of Topliss-reactive ketones (excluding diaryl/α,β-unsaturated/α-hetero) is 2. The van der Waals surface area contributed by atoms with Crippen molar-refractivity contribution in [2.75, 3.05) is 0 Å². The van der Waals surface area contributed by atoms with E-state index in [2.05, 4.69) is 78.2 Å². The van der Waals surface area contributed by atoms with Gasteiger partial charge in [-0.1, -0.05) is 148 Å². The van der Waals surface area contributed by atoms with Gasteiger partial charge in [0.2, 0.25) is 0 Å². The maximum Gasteiger partial charge on any atom is 0.194 e. The fourth-order valence-electron chi connectivity index (χ4n) is 13.7. The molecule has 13 aromatic rings. The van der Waals surface area contributed by atoms with Crippen LogP contribution >= 0.6 is 184 Å². The third-order valence-electron chi connectivity index (χ3n) is 18.5. The van der Waals surface area contributed by atoms with Gasteiger partial charge in [-0.15, -0.1) is 90.7 Å². The molecule has 0 aliphatic heterocycles. The number of rotatable bonds is 18. The van der Waals surface area contributed by atoms with Crippen LogP contribution in [0.4, 0.5) is 0 Å². The molecule has 15 rings (SSSR count). The van der Waals surface area contributed by atoms with Crippen molar-refractivity contribution >= 4 is 261 Å². The van der Waals surface area contributed by atoms with Gasteiger partial charge in [-0.2, -0.15) is 26.3 Å². The minimum atomic E-state index is -0.473. The number of aromatic nitrogens is 5. The van der Waals surface area contributed by atoms with Gasteiger partial charge in [-0.05, 0) is 140 Å². The van der Waals surface area contributed by atoms with Gasteiger partial charge in [0.05, 0.1) is 106 Å². The summed E-state index contributed by atoms with van der Waals surface area (Å²) in [6, 6.07) is 28.5. The number of fused-ring (bicyclic) bond motifs is 7. The summed E-state index contributed by atoms with van der Waals surface area (Å²) < 4.78 is 4.28. The number of allylic oxidation sites excluding steroid dienone is 6. The normalized spacial score (nSPS) is 14.0. The summed E-state index contributed by atoms with van der Waals surface area (Å²) in [6.45, 7) is 19.6. The second-order valence-corrected chi connectivity index (χ2v) is 40.4. The average Bonchev–Trinajstić information content (AvgIpc) is 1.56. The molecule has 2 aliphatic carbocycles. The molecular formula is C82H54Cl8N10O2S8. The Bertz CT molecular complexity index is 6500. The van der Waals surface area contributed by atoms with E-state index in [1.54, 1.807) is 57.5 Å². The van der Waals surface area contributed by atoms with Gasteiger partial charge in [-0.3, -0.25) is 9.59 Å². The van der Waals surface area contributed by atoms with E-state index >= 15 is 9.59 Å². The lowest BCUT2D eigenvalue weighted by molar-refractivity contribution is 0.103. The van der Waals surface area contributed by atoms with Gasteiger partial charge in [0.1, 0.15) is 80.3 Å². The second kappa shape index (κ2) is 30.8. The predicted octanol–water partition coefficient (Wildman–Crippen LogP) is 28.5. The third kappa shape index (κ3) is 14.0. The highest BCUT2D eigenvalue weighted by Gasteiger charge is 2.38. The van der Waals surface area contributed by atoms with Crippen molar-refractivity contribution in [1.82, 2.24) is 24.5 Å². The Kier molecular flexibility index (Phi) is 21.8. The van der Waals surface area contributed by atoms with Crippen LogP contribution in [-0.4, -0.2) is 36.1 Å². The molecule has 548 valence electrons. The first-order chi connectivity index (χ1) is 52.6. The molecule has 0 amide bonds. The maximum atomic E-state index is 15.0. The van der Waals surface area contributed by atoms with Crippen molar-refractivity contribution in [3.63, 3.8) is 0 Å². The van der Waals surface area contributed by atoms with Crippen molar-refractivity contribution in [3.8, 4) is 92.1 Å². The zero-order chi connectivity index (χ0) is 78.1. The molecule has 0 N–H and O–H groups in total. The number of hydrogen-bond donors (Lipinski definition) is 0. The average molecular weight is 1750 g/mol. The van der Waals surface area contributed by atoms with Crippen LogP contribution in [0.3, 0.4) is 0 Å². The molecule has 12 nitrogen and oxygen atoms in total. The highest BCUT2D eigenvalue weighted by molar-refractivity contribution is 7.33. The van der Waals surface area contributed by atoms with E-state index in [9.17, 15) is 26.3 Å². The lowest BCUT2D eigenvalue weighted by Gasteiger charge is -2.09. The van der Waals surface area contributed by atoms with E-state index < -0.39 is 11.6 Å². The fourth-order valence-corrected chi connectivity index (χ4v) is 25.7. The molecule has 0 bridgehead atoms. The van der Waals surface area contributed by atoms with E-state index in [0.29, 0.717) is 122 Å². The van der Waals surface area contributed by atoms with E-state index in [1.807, 2.05) is 55.5 Å². The number of carbonyl (C=O) groups is 2. The molecule has 0 saturated heterocycles. The maximum absolute atomic E-state index is 15.0. The highest BCUT2D eigenvalue weighted by Crippen LogP contribution is 2.56. The van der Waals surface area contributed by atoms with Gasteiger partial charge >= 0.3 is 0 Å². The summed E-state index contributed by atoms with van der Waals surface area (Å²) in [7, 11) is 0. The van der Waals surface area contributed by atoms with Crippen molar-refractivity contribution in [3.05, 3.63) is 175 Å². The molecule has 0 radical (unpaired) electrons. The van der Waals surface area contributed by atoms with E-state index in [-0.39, 0.29) is 82.4 Å². The summed E-state index contributed by atoms with van der Waals surface area (Å²) in [5, 5.41) is 55.1. The van der Waals surface area contributed by atoms with Crippen LogP contribution in [0.15, 0.2) is 83.0 Å². The first-order valence-electron chi connectivity index (χ1n) is 34.5. The molecule has 0 saturated carbocycles. The number of halogens is 8. The SMILES string of the molecule is CC(C)Cc1sc(-c2nc3c(/C=C4\C(=O)c5cc(Cl)c(Cl)cc5C4=C(C#N)C#N)sc(-c4cc5c(s4)c4sc(-c6sc(/C=C7\C(=O)c8cc(Cl)c(Cl)cc8C7=C(C#N)C#N)c7nc(-c8cc(Cl)c(CC(C)C#N)s8)c(-c8cc(Cl)c(CC(C)C)s8)nc67)cc4n5CC(C)C)c3nc2-c2cc(Cl)c(CC(C)C)s2)cc1Cl. The van der Waals surface area contributed by atoms with E-state index in [1.165, 1.54) is 69.6 Å². The monoisotopic (exact) mass is 1750 g/mol. The largest absolute Gasteiger partial charge is 0.339 e. The number of benzene rings is 2. The van der Waals surface area contributed by atoms with Gasteiger partial charge < -0.3 is 4.57 Å². The summed E-state index contributed by atoms with van der Waals surface area (Å²) in [5.41, 5.74) is 6.80. The highest BCUT2D eigenvalue weighted by atomic mass is 35.5. The van der Waals surface area contributed by atoms with Gasteiger partial charge in [0, 0.05) is 75.1 Å². The standard InChI is InChI=1S/C82H54Cl8N10O2S8/c1-32(2)10-55-49(87)20-61(103-55)69-71(63-21-50(88)56(104-63)11-33(3)4)98-75-73(96-69)59(18-43-67(37(27-92)28-93)39-14-45(83)47(85)16-41(39)77(43)101)107-81(75)65-24-53-79(109-65)80-54(100(53)31-35(7)8)25-66(110-80)82-76-74(60(108-82)19-44-68(38(29-94)30-95)40-15-46(84)48(86)17-42(40)78(44)102)97-70(62-23-52(90)58(106-62)13-36(9)26-91)72(99-76)64-22-51(89)57(105-64)12-34(5)6/h14-25,32-36H,10-13,31H2,1-9H3/b43-18-,44-19-. The minimum Gasteiger partial charge on any atom is -0.339 e. The Morgan fingerprint density at radius 1 is 0.391 bits per heavy atom. The second-order valence-electron chi connectivity index (χ2n) is 28.4. The topological polar surface area (TPSA) is 210 Å².